The van der Waals surface area contributed by atoms with Crippen LogP contribution in [-0.4, -0.2) is 22.6 Å². The Hall–Kier alpha value is -3.32. The molecule has 1 aliphatic rings. The van der Waals surface area contributed by atoms with Crippen molar-refractivity contribution in [3.05, 3.63) is 83.2 Å². The van der Waals surface area contributed by atoms with Crippen molar-refractivity contribution in [3.63, 3.8) is 0 Å². The second-order valence-electron chi connectivity index (χ2n) is 6.58. The maximum absolute atomic E-state index is 14.1. The molecular weight excluding hydrogens is 364 g/mol. The zero-order valence-corrected chi connectivity index (χ0v) is 14.7. The highest BCUT2D eigenvalue weighted by Gasteiger charge is 2.23. The average molecular weight is 381 g/mol. The summed E-state index contributed by atoms with van der Waals surface area (Å²) in [6.07, 6.45) is 2.92. The number of benzene rings is 2. The van der Waals surface area contributed by atoms with E-state index in [1.807, 2.05) is 18.2 Å². The second kappa shape index (κ2) is 7.36. The molecule has 1 atom stereocenters. The number of rotatable bonds is 5. The number of pyridine rings is 1. The number of anilines is 1. The number of nitrogens with zero attached hydrogens (tertiary/aromatic N) is 1. The highest BCUT2D eigenvalue weighted by molar-refractivity contribution is 5.93. The minimum absolute atomic E-state index is 0.0241. The Bertz CT molecular complexity index is 1060. The van der Waals surface area contributed by atoms with E-state index in [0.717, 1.165) is 17.2 Å². The molecule has 142 valence electrons. The maximum atomic E-state index is 14.1. The number of hydrogen-bond acceptors (Lipinski definition) is 4. The predicted molar refractivity (Wildman–Crippen MR) is 101 cm³/mol. The molecule has 3 aromatic rings. The van der Waals surface area contributed by atoms with Crippen molar-refractivity contribution < 1.29 is 18.7 Å². The van der Waals surface area contributed by atoms with Gasteiger partial charge in [-0.15, -0.1) is 0 Å². The van der Waals surface area contributed by atoms with Crippen molar-refractivity contribution in [3.8, 4) is 11.1 Å². The van der Waals surface area contributed by atoms with Crippen molar-refractivity contribution in [1.82, 2.24) is 10.3 Å². The molecular formula is C21H17F2N3O2. The molecule has 0 bridgehead atoms. The highest BCUT2D eigenvalue weighted by atomic mass is 19.1. The third-order valence-corrected chi connectivity index (χ3v) is 4.85. The number of carboxylic acid groups (broad SMARTS) is 1. The summed E-state index contributed by atoms with van der Waals surface area (Å²) in [6.45, 7) is 1.08. The summed E-state index contributed by atoms with van der Waals surface area (Å²) in [7, 11) is 0. The van der Waals surface area contributed by atoms with E-state index in [0.29, 0.717) is 29.9 Å². The quantitative estimate of drug-likeness (QED) is 0.623. The van der Waals surface area contributed by atoms with Crippen LogP contribution in [0.4, 0.5) is 14.5 Å². The highest BCUT2D eigenvalue weighted by Crippen LogP contribution is 2.31. The van der Waals surface area contributed by atoms with Gasteiger partial charge in [-0.1, -0.05) is 12.1 Å². The van der Waals surface area contributed by atoms with Gasteiger partial charge in [0.25, 0.3) is 0 Å². The van der Waals surface area contributed by atoms with Gasteiger partial charge >= 0.3 is 5.97 Å². The molecule has 0 spiro atoms. The van der Waals surface area contributed by atoms with E-state index >= 15 is 0 Å². The Morgan fingerprint density at radius 3 is 2.86 bits per heavy atom. The fraction of sp³-hybridized carbons (Fsp3) is 0.143. The van der Waals surface area contributed by atoms with Crippen LogP contribution in [0.1, 0.15) is 27.5 Å². The second-order valence-corrected chi connectivity index (χ2v) is 6.58. The molecule has 2 aromatic carbocycles. The van der Waals surface area contributed by atoms with Gasteiger partial charge in [-0.05, 0) is 41.0 Å². The monoisotopic (exact) mass is 381 g/mol. The fourth-order valence-corrected chi connectivity index (χ4v) is 3.45. The smallest absolute Gasteiger partial charge is 0.337 e. The summed E-state index contributed by atoms with van der Waals surface area (Å²) in [5.74, 6) is -2.22. The first kappa shape index (κ1) is 18.1. The van der Waals surface area contributed by atoms with Crippen LogP contribution in [0.5, 0.6) is 0 Å². The van der Waals surface area contributed by atoms with Gasteiger partial charge in [0.2, 0.25) is 0 Å². The Morgan fingerprint density at radius 2 is 2.07 bits per heavy atom. The van der Waals surface area contributed by atoms with E-state index in [1.54, 1.807) is 0 Å². The van der Waals surface area contributed by atoms with E-state index < -0.39 is 17.6 Å². The number of nitrogens with one attached hydrogen (secondary N) is 2. The summed E-state index contributed by atoms with van der Waals surface area (Å²) >= 11 is 0. The third kappa shape index (κ3) is 3.44. The standard InChI is InChI=1S/C21H17F2N3O2/c22-14-2-4-15(18(23)8-14)12-1-3-16-13(7-12)9-25-20(16)11-26-19-10-24-6-5-17(19)21(27)28/h1-8,10,20,25-26H,9,11H2,(H,27,28). The van der Waals surface area contributed by atoms with Crippen LogP contribution in [0, 0.1) is 11.6 Å². The Morgan fingerprint density at radius 1 is 1.21 bits per heavy atom. The number of aromatic carboxylic acids is 1. The third-order valence-electron chi connectivity index (χ3n) is 4.85. The fourth-order valence-electron chi connectivity index (χ4n) is 3.45. The van der Waals surface area contributed by atoms with E-state index in [4.69, 9.17) is 0 Å². The molecule has 1 unspecified atom stereocenters. The number of halogens is 2. The van der Waals surface area contributed by atoms with Gasteiger partial charge < -0.3 is 15.7 Å². The molecule has 0 saturated carbocycles. The first-order valence-electron chi connectivity index (χ1n) is 8.76. The minimum atomic E-state index is -1.02. The first-order valence-corrected chi connectivity index (χ1v) is 8.76. The molecule has 7 heteroatoms. The number of aromatic nitrogens is 1. The maximum Gasteiger partial charge on any atom is 0.337 e. The number of carboxylic acids is 1. The molecule has 1 aliphatic heterocycles. The molecule has 0 fully saturated rings. The lowest BCUT2D eigenvalue weighted by atomic mass is 9.97. The molecule has 4 rings (SSSR count). The van der Waals surface area contributed by atoms with E-state index in [-0.39, 0.29) is 11.6 Å². The molecule has 0 radical (unpaired) electrons. The molecule has 1 aromatic heterocycles. The lowest BCUT2D eigenvalue weighted by molar-refractivity contribution is 0.0697. The zero-order valence-electron chi connectivity index (χ0n) is 14.7. The number of carbonyl (C=O) groups is 1. The van der Waals surface area contributed by atoms with Crippen molar-refractivity contribution in [2.24, 2.45) is 0 Å². The summed E-state index contributed by atoms with van der Waals surface area (Å²) < 4.78 is 27.2. The Labute approximate surface area is 160 Å². The summed E-state index contributed by atoms with van der Waals surface area (Å²) in [4.78, 5) is 15.3. The van der Waals surface area contributed by atoms with Gasteiger partial charge in [-0.25, -0.2) is 13.6 Å². The topological polar surface area (TPSA) is 74.2 Å². The van der Waals surface area contributed by atoms with E-state index in [9.17, 15) is 18.7 Å². The van der Waals surface area contributed by atoms with Crippen LogP contribution < -0.4 is 10.6 Å². The predicted octanol–water partition coefficient (Wildman–Crippen LogP) is 3.98. The summed E-state index contributed by atoms with van der Waals surface area (Å²) in [5, 5.41) is 15.7. The summed E-state index contributed by atoms with van der Waals surface area (Å²) in [6, 6.07) is 10.6. The number of fused-ring (bicyclic) bond motifs is 1. The normalized spacial score (nSPS) is 15.3. The molecule has 0 amide bonds. The van der Waals surface area contributed by atoms with Gasteiger partial charge in [-0.2, -0.15) is 0 Å². The molecule has 0 saturated heterocycles. The van der Waals surface area contributed by atoms with Crippen molar-refractivity contribution in [2.45, 2.75) is 12.6 Å². The van der Waals surface area contributed by atoms with Crippen LogP contribution in [-0.2, 0) is 6.54 Å². The van der Waals surface area contributed by atoms with Crippen molar-refractivity contribution >= 4 is 11.7 Å². The van der Waals surface area contributed by atoms with E-state index in [2.05, 4.69) is 15.6 Å². The van der Waals surface area contributed by atoms with Gasteiger partial charge in [0.05, 0.1) is 23.5 Å². The van der Waals surface area contributed by atoms with Crippen molar-refractivity contribution in [2.75, 3.05) is 11.9 Å². The van der Waals surface area contributed by atoms with E-state index in [1.165, 1.54) is 30.6 Å². The molecule has 28 heavy (non-hydrogen) atoms. The SMILES string of the molecule is O=C(O)c1ccncc1NCC1NCc2cc(-c3ccc(F)cc3F)ccc21. The van der Waals surface area contributed by atoms with Crippen LogP contribution >= 0.6 is 0 Å². The Balaban J connectivity index is 1.53. The van der Waals surface area contributed by atoms with Crippen LogP contribution in [0.2, 0.25) is 0 Å². The Kier molecular flexibility index (Phi) is 4.75. The largest absolute Gasteiger partial charge is 0.478 e. The van der Waals surface area contributed by atoms with Crippen LogP contribution in [0.25, 0.3) is 11.1 Å². The zero-order chi connectivity index (χ0) is 19.7. The lowest BCUT2D eigenvalue weighted by Gasteiger charge is -2.15. The summed E-state index contributed by atoms with van der Waals surface area (Å²) in [5.41, 5.74) is 3.74. The average Bonchev–Trinajstić information content (AvgIpc) is 3.08. The van der Waals surface area contributed by atoms with Crippen molar-refractivity contribution in [1.29, 1.82) is 0 Å². The van der Waals surface area contributed by atoms with Crippen LogP contribution in [0.3, 0.4) is 0 Å². The van der Waals surface area contributed by atoms with Gasteiger partial charge in [0.1, 0.15) is 11.6 Å². The minimum Gasteiger partial charge on any atom is -0.478 e. The molecule has 5 nitrogen and oxygen atoms in total. The molecule has 3 N–H and O–H groups in total. The molecule has 0 aliphatic carbocycles. The van der Waals surface area contributed by atoms with Crippen LogP contribution in [0.15, 0.2) is 54.9 Å². The van der Waals surface area contributed by atoms with Gasteiger partial charge in [-0.3, -0.25) is 4.98 Å². The first-order chi connectivity index (χ1) is 13.5. The molecule has 2 heterocycles. The number of hydrogen-bond donors (Lipinski definition) is 3. The lowest BCUT2D eigenvalue weighted by Crippen LogP contribution is -2.22. The van der Waals surface area contributed by atoms with Gasteiger partial charge in [0.15, 0.2) is 0 Å². The van der Waals surface area contributed by atoms with Gasteiger partial charge in [0, 0.05) is 30.9 Å².